The summed E-state index contributed by atoms with van der Waals surface area (Å²) in [6.07, 6.45) is 8.46. The fourth-order valence-electron chi connectivity index (χ4n) is 5.97. The second-order valence-corrected chi connectivity index (χ2v) is 11.3. The lowest BCUT2D eigenvalue weighted by Gasteiger charge is -2.01. The molecule has 0 saturated carbocycles. The van der Waals surface area contributed by atoms with Crippen LogP contribution in [-0.2, 0) is 41.5 Å². The number of aliphatic imine (C=N–C) groups is 1. The highest BCUT2D eigenvalue weighted by Crippen LogP contribution is 2.28. The zero-order valence-corrected chi connectivity index (χ0v) is 27.4. The lowest BCUT2D eigenvalue weighted by molar-refractivity contribution is -0.141. The molecule has 0 unspecified atom stereocenters. The van der Waals surface area contributed by atoms with Crippen LogP contribution in [0.25, 0.3) is 18.2 Å². The van der Waals surface area contributed by atoms with E-state index in [1.54, 1.807) is 0 Å². The summed E-state index contributed by atoms with van der Waals surface area (Å²) >= 11 is 0. The fraction of sp³-hybridized carbons (Fsp3) is 0.400. The van der Waals surface area contributed by atoms with Gasteiger partial charge in [0.25, 0.3) is 11.8 Å². The summed E-state index contributed by atoms with van der Waals surface area (Å²) in [4.78, 5) is 59.9. The van der Waals surface area contributed by atoms with Crippen LogP contribution in [-0.4, -0.2) is 53.7 Å². The van der Waals surface area contributed by atoms with Crippen molar-refractivity contribution in [3.05, 3.63) is 72.3 Å². The topological polar surface area (TPSA) is 143 Å². The number of carbonyl (C=O) groups is 4. The number of nitrogens with one attached hydrogen (secondary N) is 3. The molecule has 45 heavy (non-hydrogen) atoms. The van der Waals surface area contributed by atoms with Crippen molar-refractivity contribution < 1.29 is 28.7 Å². The first-order valence-corrected chi connectivity index (χ1v) is 15.3. The Bertz CT molecular complexity index is 1830. The van der Waals surface area contributed by atoms with E-state index < -0.39 is 0 Å². The van der Waals surface area contributed by atoms with Crippen molar-refractivity contribution in [1.29, 1.82) is 0 Å². The average molecular weight is 615 g/mol. The molecule has 10 heteroatoms. The molecule has 0 aromatic carbocycles. The van der Waals surface area contributed by atoms with E-state index in [2.05, 4.69) is 54.0 Å². The average Bonchev–Trinajstić information content (AvgIpc) is 3.66. The van der Waals surface area contributed by atoms with E-state index >= 15 is 0 Å². The molecule has 10 nitrogen and oxygen atoms in total. The predicted octanol–water partition coefficient (Wildman–Crippen LogP) is 3.69. The van der Waals surface area contributed by atoms with Gasteiger partial charge in [0.15, 0.2) is 0 Å². The number of ether oxygens (including phenoxy) is 2. The number of nitrogens with zero attached hydrogens (tertiary/aromatic N) is 1. The minimum absolute atomic E-state index is 0.130. The molecule has 0 radical (unpaired) electrons. The minimum Gasteiger partial charge on any atom is -0.469 e. The Morgan fingerprint density at radius 3 is 1.96 bits per heavy atom. The second-order valence-electron chi connectivity index (χ2n) is 11.3. The Kier molecular flexibility index (Phi) is 10.3. The van der Waals surface area contributed by atoms with Gasteiger partial charge in [-0.2, -0.15) is 0 Å². The van der Waals surface area contributed by atoms with Crippen molar-refractivity contribution in [2.45, 2.75) is 80.1 Å². The van der Waals surface area contributed by atoms with E-state index in [0.717, 1.165) is 62.8 Å². The molecular formula is C35H42N4O6. The lowest BCUT2D eigenvalue weighted by atomic mass is 10.0. The van der Waals surface area contributed by atoms with Gasteiger partial charge in [0.1, 0.15) is 0 Å². The highest BCUT2D eigenvalue weighted by atomic mass is 16.5. The summed E-state index contributed by atoms with van der Waals surface area (Å²) in [5.74, 6) is -1.22. The van der Waals surface area contributed by atoms with Crippen molar-refractivity contribution in [2.75, 3.05) is 14.2 Å². The van der Waals surface area contributed by atoms with Gasteiger partial charge in [0.05, 0.1) is 19.9 Å². The highest BCUT2D eigenvalue weighted by Gasteiger charge is 2.26. The van der Waals surface area contributed by atoms with Gasteiger partial charge in [-0.15, -0.1) is 0 Å². The molecule has 0 atom stereocenters. The molecule has 4 rings (SSSR count). The highest BCUT2D eigenvalue weighted by molar-refractivity contribution is 6.30. The van der Waals surface area contributed by atoms with Crippen LogP contribution in [0.4, 0.5) is 0 Å². The second kappa shape index (κ2) is 13.9. The number of hydrogen-bond donors (Lipinski definition) is 3. The number of rotatable bonds is 11. The number of aromatic amines is 2. The molecule has 4 heterocycles. The van der Waals surface area contributed by atoms with Gasteiger partial charge in [-0.05, 0) is 105 Å². The van der Waals surface area contributed by atoms with E-state index in [1.807, 2.05) is 26.0 Å². The standard InChI is InChI=1S/C35H42N4O6/c1-9-22-18(3)26(15-28-20(5)24(34(42)38-28)11-13-32(40)44-7)36-30(22)17-31-23(10-2)19(4)27(37-31)16-29-21(6)25(35(43)39-29)12-14-33(41)45-8/h15-17,36-37H,9-14H2,1-8H3,(H,38,42)/b27-16-,28-15-,31-17-. The van der Waals surface area contributed by atoms with Crippen molar-refractivity contribution in [1.82, 2.24) is 15.3 Å². The van der Waals surface area contributed by atoms with E-state index in [1.165, 1.54) is 19.8 Å². The van der Waals surface area contributed by atoms with E-state index in [0.29, 0.717) is 35.4 Å². The Balaban J connectivity index is 1.72. The quantitative estimate of drug-likeness (QED) is 0.330. The van der Waals surface area contributed by atoms with Crippen LogP contribution >= 0.6 is 0 Å². The normalized spacial score (nSPS) is 16.8. The monoisotopic (exact) mass is 614 g/mol. The van der Waals surface area contributed by atoms with E-state index in [-0.39, 0.29) is 36.6 Å². The Hall–Kier alpha value is -4.73. The molecular weight excluding hydrogens is 572 g/mol. The SMILES string of the molecule is CCc1c(/C=c2\[nH]/c(=C\C3=NC(=O)C(CCC(=O)OC)=C3C)c(C)c2CC)[nH]c(/C=C2\NC(=O)C(CCC(=O)OC)=C2C)c1C. The van der Waals surface area contributed by atoms with Crippen molar-refractivity contribution >= 4 is 47.7 Å². The fourth-order valence-corrected chi connectivity index (χ4v) is 5.97. The molecule has 2 aromatic heterocycles. The molecule has 0 aliphatic carbocycles. The molecule has 0 fully saturated rings. The largest absolute Gasteiger partial charge is 0.469 e. The number of allylic oxidation sites excluding steroid dienone is 2. The first-order chi connectivity index (χ1) is 21.4. The van der Waals surface area contributed by atoms with Crippen LogP contribution in [0.1, 0.15) is 87.0 Å². The third-order valence-corrected chi connectivity index (χ3v) is 8.78. The zero-order valence-electron chi connectivity index (χ0n) is 27.4. The summed E-state index contributed by atoms with van der Waals surface area (Å²) < 4.78 is 9.45. The Morgan fingerprint density at radius 2 is 1.36 bits per heavy atom. The third-order valence-electron chi connectivity index (χ3n) is 8.78. The van der Waals surface area contributed by atoms with E-state index in [9.17, 15) is 19.2 Å². The van der Waals surface area contributed by atoms with Crippen LogP contribution in [0.5, 0.6) is 0 Å². The first kappa shape index (κ1) is 33.2. The molecule has 0 spiro atoms. The van der Waals surface area contributed by atoms with Crippen LogP contribution in [0.15, 0.2) is 33.0 Å². The minimum atomic E-state index is -0.362. The molecule has 3 N–H and O–H groups in total. The first-order valence-electron chi connectivity index (χ1n) is 15.3. The van der Waals surface area contributed by atoms with Crippen LogP contribution in [0.3, 0.4) is 0 Å². The Labute approximate surface area is 263 Å². The number of amides is 2. The maximum Gasteiger partial charge on any atom is 0.305 e. The predicted molar refractivity (Wildman–Crippen MR) is 174 cm³/mol. The van der Waals surface area contributed by atoms with Crippen LogP contribution < -0.4 is 16.0 Å². The summed E-state index contributed by atoms with van der Waals surface area (Å²) in [5.41, 5.74) is 10.4. The van der Waals surface area contributed by atoms with Gasteiger partial charge >= 0.3 is 11.9 Å². The molecule has 0 bridgehead atoms. The van der Waals surface area contributed by atoms with Gasteiger partial charge in [0, 0.05) is 51.8 Å². The Morgan fingerprint density at radius 1 is 0.733 bits per heavy atom. The van der Waals surface area contributed by atoms with Gasteiger partial charge in [0.2, 0.25) is 0 Å². The van der Waals surface area contributed by atoms with Gasteiger partial charge in [-0.3, -0.25) is 19.2 Å². The smallest absolute Gasteiger partial charge is 0.305 e. The number of aromatic nitrogens is 2. The van der Waals surface area contributed by atoms with Crippen molar-refractivity contribution in [2.24, 2.45) is 4.99 Å². The van der Waals surface area contributed by atoms with Crippen LogP contribution in [0.2, 0.25) is 0 Å². The van der Waals surface area contributed by atoms with Gasteiger partial charge < -0.3 is 24.8 Å². The van der Waals surface area contributed by atoms with E-state index in [4.69, 9.17) is 9.47 Å². The molecule has 2 aliphatic heterocycles. The summed E-state index contributed by atoms with van der Waals surface area (Å²) in [6.45, 7) is 12.1. The van der Waals surface area contributed by atoms with Gasteiger partial charge in [-0.25, -0.2) is 4.99 Å². The lowest BCUT2D eigenvalue weighted by Crippen LogP contribution is -2.17. The third kappa shape index (κ3) is 6.84. The molecule has 2 amide bonds. The zero-order chi connectivity index (χ0) is 33.0. The molecule has 2 aromatic rings. The number of H-pyrrole nitrogens is 2. The maximum atomic E-state index is 12.7. The van der Waals surface area contributed by atoms with Crippen molar-refractivity contribution in [3.8, 4) is 0 Å². The molecule has 238 valence electrons. The molecule has 0 saturated heterocycles. The molecule has 2 aliphatic rings. The summed E-state index contributed by atoms with van der Waals surface area (Å²) in [5, 5.41) is 4.78. The van der Waals surface area contributed by atoms with Crippen molar-refractivity contribution in [3.63, 3.8) is 0 Å². The number of carbonyl (C=O) groups excluding carboxylic acids is 4. The summed E-state index contributed by atoms with van der Waals surface area (Å²) in [6, 6.07) is 0. The maximum absolute atomic E-state index is 12.7. The van der Waals surface area contributed by atoms with Crippen LogP contribution in [0, 0.1) is 13.8 Å². The number of hydrogen-bond acceptors (Lipinski definition) is 6. The van der Waals surface area contributed by atoms with Gasteiger partial charge in [-0.1, -0.05) is 13.8 Å². The summed E-state index contributed by atoms with van der Waals surface area (Å²) in [7, 11) is 2.67. The number of methoxy groups -OCH3 is 2. The number of esters is 2.